The van der Waals surface area contributed by atoms with Crippen LogP contribution in [0, 0.1) is 11.3 Å². The van der Waals surface area contributed by atoms with E-state index in [1.807, 2.05) is 6.07 Å². The molecule has 0 aliphatic heterocycles. The molecular formula is C9H15BN4O. The first kappa shape index (κ1) is 13.7. The highest BCUT2D eigenvalue weighted by Gasteiger charge is 1.97. The SMILES string of the molecule is [B]C(C#N)CC/C=N\NC(=O)CCNC. The lowest BCUT2D eigenvalue weighted by atomic mass is 9.85. The Hall–Kier alpha value is -1.35. The topological polar surface area (TPSA) is 77.3 Å². The van der Waals surface area contributed by atoms with Crippen LogP contribution in [0.2, 0.25) is 5.82 Å². The van der Waals surface area contributed by atoms with Crippen molar-refractivity contribution in [2.24, 2.45) is 5.10 Å². The Morgan fingerprint density at radius 2 is 2.47 bits per heavy atom. The first-order valence-electron chi connectivity index (χ1n) is 4.81. The number of carbonyl (C=O) groups is 1. The average Bonchev–Trinajstić information content (AvgIpc) is 2.25. The number of nitriles is 1. The van der Waals surface area contributed by atoms with Gasteiger partial charge < -0.3 is 5.32 Å². The van der Waals surface area contributed by atoms with Crippen molar-refractivity contribution in [1.82, 2.24) is 10.7 Å². The predicted molar refractivity (Wildman–Crippen MR) is 59.5 cm³/mol. The standard InChI is InChI=1S/C9H15BN4O/c1-12-6-4-9(15)14-13-5-2-3-8(10)7-11/h5,8,12H,2-4,6H2,1H3,(H,14,15)/b13-5-. The lowest BCUT2D eigenvalue weighted by molar-refractivity contribution is -0.120. The van der Waals surface area contributed by atoms with E-state index in [0.29, 0.717) is 25.8 Å². The van der Waals surface area contributed by atoms with Crippen LogP contribution in [0.1, 0.15) is 19.3 Å². The Morgan fingerprint density at radius 3 is 3.07 bits per heavy atom. The zero-order chi connectivity index (χ0) is 11.5. The second-order valence-corrected chi connectivity index (χ2v) is 3.01. The largest absolute Gasteiger partial charge is 0.319 e. The van der Waals surface area contributed by atoms with Gasteiger partial charge in [0, 0.05) is 25.0 Å². The molecule has 2 N–H and O–H groups in total. The first-order chi connectivity index (χ1) is 7.20. The van der Waals surface area contributed by atoms with Gasteiger partial charge in [-0.15, -0.1) is 0 Å². The Labute approximate surface area is 91.3 Å². The summed E-state index contributed by atoms with van der Waals surface area (Å²) in [4.78, 5) is 11.0. The molecule has 1 amide bonds. The summed E-state index contributed by atoms with van der Waals surface area (Å²) in [6.45, 7) is 0.626. The molecule has 0 aromatic heterocycles. The molecule has 0 fully saturated rings. The number of carbonyl (C=O) groups excluding carboxylic acids is 1. The van der Waals surface area contributed by atoms with E-state index in [1.165, 1.54) is 0 Å². The monoisotopic (exact) mass is 206 g/mol. The van der Waals surface area contributed by atoms with Crippen LogP contribution in [0.3, 0.4) is 0 Å². The van der Waals surface area contributed by atoms with E-state index in [-0.39, 0.29) is 5.91 Å². The third-order valence-electron chi connectivity index (χ3n) is 1.66. The molecule has 0 saturated carbocycles. The number of rotatable bonds is 7. The number of hydrogen-bond acceptors (Lipinski definition) is 4. The van der Waals surface area contributed by atoms with E-state index in [0.717, 1.165) is 0 Å². The zero-order valence-corrected chi connectivity index (χ0v) is 8.86. The van der Waals surface area contributed by atoms with Crippen LogP contribution in [-0.4, -0.2) is 33.6 Å². The fraction of sp³-hybridized carbons (Fsp3) is 0.667. The molecule has 5 nitrogen and oxygen atoms in total. The molecule has 1 atom stereocenters. The number of nitrogens with zero attached hydrogens (tertiary/aromatic N) is 2. The molecule has 0 heterocycles. The van der Waals surface area contributed by atoms with Gasteiger partial charge in [0.25, 0.3) is 0 Å². The molecule has 80 valence electrons. The van der Waals surface area contributed by atoms with Crippen LogP contribution < -0.4 is 10.7 Å². The summed E-state index contributed by atoms with van der Waals surface area (Å²) in [7, 11) is 7.14. The number of nitrogens with one attached hydrogen (secondary N) is 2. The molecule has 2 radical (unpaired) electrons. The minimum atomic E-state index is -0.462. The smallest absolute Gasteiger partial charge is 0.241 e. The summed E-state index contributed by atoms with van der Waals surface area (Å²) in [5, 5.41) is 15.0. The second-order valence-electron chi connectivity index (χ2n) is 3.01. The summed E-state index contributed by atoms with van der Waals surface area (Å²) in [6.07, 6.45) is 3.08. The Balaban J connectivity index is 3.46. The third-order valence-corrected chi connectivity index (χ3v) is 1.66. The summed E-state index contributed by atoms with van der Waals surface area (Å²) in [5.74, 6) is -0.596. The van der Waals surface area contributed by atoms with Crippen molar-refractivity contribution in [3.05, 3.63) is 0 Å². The van der Waals surface area contributed by atoms with E-state index in [1.54, 1.807) is 13.3 Å². The van der Waals surface area contributed by atoms with E-state index >= 15 is 0 Å². The van der Waals surface area contributed by atoms with E-state index in [9.17, 15) is 4.79 Å². The van der Waals surface area contributed by atoms with Crippen LogP contribution in [-0.2, 0) is 4.79 Å². The summed E-state index contributed by atoms with van der Waals surface area (Å²) < 4.78 is 0. The average molecular weight is 206 g/mol. The molecule has 15 heavy (non-hydrogen) atoms. The molecule has 0 spiro atoms. The van der Waals surface area contributed by atoms with Gasteiger partial charge in [-0.3, -0.25) is 4.79 Å². The highest BCUT2D eigenvalue weighted by molar-refractivity contribution is 6.13. The van der Waals surface area contributed by atoms with E-state index < -0.39 is 5.82 Å². The Bertz CT molecular complexity index is 249. The minimum Gasteiger partial charge on any atom is -0.319 e. The van der Waals surface area contributed by atoms with Crippen molar-refractivity contribution in [2.45, 2.75) is 25.1 Å². The Morgan fingerprint density at radius 1 is 1.73 bits per heavy atom. The number of amides is 1. The normalized spacial score (nSPS) is 12.3. The lowest BCUT2D eigenvalue weighted by Gasteiger charge is -1.99. The molecule has 0 bridgehead atoms. The van der Waals surface area contributed by atoms with Crippen LogP contribution in [0.4, 0.5) is 0 Å². The van der Waals surface area contributed by atoms with Crippen LogP contribution >= 0.6 is 0 Å². The van der Waals surface area contributed by atoms with Gasteiger partial charge >= 0.3 is 0 Å². The molecule has 0 aromatic carbocycles. The maximum Gasteiger partial charge on any atom is 0.241 e. The summed E-state index contributed by atoms with van der Waals surface area (Å²) >= 11 is 0. The molecule has 0 aliphatic rings. The fourth-order valence-electron chi connectivity index (χ4n) is 0.795. The maximum atomic E-state index is 11.0. The van der Waals surface area contributed by atoms with Gasteiger partial charge in [-0.25, -0.2) is 5.43 Å². The molecule has 1 unspecified atom stereocenters. The third kappa shape index (κ3) is 8.97. The highest BCUT2D eigenvalue weighted by atomic mass is 16.2. The van der Waals surface area contributed by atoms with Crippen molar-refractivity contribution in [3.63, 3.8) is 0 Å². The number of hydrazone groups is 1. The van der Waals surface area contributed by atoms with Gasteiger partial charge in [-0.05, 0) is 19.9 Å². The van der Waals surface area contributed by atoms with Crippen LogP contribution in [0.25, 0.3) is 0 Å². The van der Waals surface area contributed by atoms with Crippen molar-refractivity contribution in [3.8, 4) is 6.07 Å². The van der Waals surface area contributed by atoms with Crippen molar-refractivity contribution >= 4 is 20.0 Å². The van der Waals surface area contributed by atoms with Crippen molar-refractivity contribution in [1.29, 1.82) is 5.26 Å². The van der Waals surface area contributed by atoms with Crippen molar-refractivity contribution < 1.29 is 4.79 Å². The van der Waals surface area contributed by atoms with Gasteiger partial charge in [0.05, 0.1) is 13.9 Å². The molecule has 0 rings (SSSR count). The fourth-order valence-corrected chi connectivity index (χ4v) is 0.795. The van der Waals surface area contributed by atoms with Gasteiger partial charge in [0.1, 0.15) is 0 Å². The van der Waals surface area contributed by atoms with E-state index in [4.69, 9.17) is 13.1 Å². The Kier molecular flexibility index (Phi) is 8.39. The molecule has 0 aliphatic carbocycles. The molecule has 0 saturated heterocycles. The quantitative estimate of drug-likeness (QED) is 0.348. The minimum absolute atomic E-state index is 0.134. The lowest BCUT2D eigenvalue weighted by Crippen LogP contribution is -2.22. The van der Waals surface area contributed by atoms with Crippen molar-refractivity contribution in [2.75, 3.05) is 13.6 Å². The van der Waals surface area contributed by atoms with Gasteiger partial charge in [-0.2, -0.15) is 10.4 Å². The summed E-state index contributed by atoms with van der Waals surface area (Å²) in [5.41, 5.74) is 2.38. The highest BCUT2D eigenvalue weighted by Crippen LogP contribution is 2.03. The summed E-state index contributed by atoms with van der Waals surface area (Å²) in [6, 6.07) is 1.91. The molecule has 6 heteroatoms. The van der Waals surface area contributed by atoms with Gasteiger partial charge in [0.15, 0.2) is 0 Å². The zero-order valence-electron chi connectivity index (χ0n) is 8.86. The van der Waals surface area contributed by atoms with Crippen LogP contribution in [0.5, 0.6) is 0 Å². The number of hydrogen-bond donors (Lipinski definition) is 2. The maximum absolute atomic E-state index is 11.0. The second kappa shape index (κ2) is 9.22. The first-order valence-corrected chi connectivity index (χ1v) is 4.81. The molecule has 0 aromatic rings. The van der Waals surface area contributed by atoms with Gasteiger partial charge in [-0.1, -0.05) is 0 Å². The van der Waals surface area contributed by atoms with E-state index in [2.05, 4.69) is 15.8 Å². The van der Waals surface area contributed by atoms with Crippen LogP contribution in [0.15, 0.2) is 5.10 Å². The predicted octanol–water partition coefficient (Wildman–Crippen LogP) is -0.0413. The van der Waals surface area contributed by atoms with Gasteiger partial charge in [0.2, 0.25) is 5.91 Å². The molecular weight excluding hydrogens is 191 g/mol.